The summed E-state index contributed by atoms with van der Waals surface area (Å²) in [5, 5.41) is 16.1. The van der Waals surface area contributed by atoms with Crippen LogP contribution in [0.5, 0.6) is 5.75 Å². The predicted molar refractivity (Wildman–Crippen MR) is 164 cm³/mol. The zero-order valence-electron chi connectivity index (χ0n) is 25.5. The first kappa shape index (κ1) is 32.0. The van der Waals surface area contributed by atoms with Crippen molar-refractivity contribution in [3.8, 4) is 28.0 Å². The van der Waals surface area contributed by atoms with Crippen molar-refractivity contribution in [3.05, 3.63) is 71.3 Å². The number of hydrogen-bond acceptors (Lipinski definition) is 7. The first-order chi connectivity index (χ1) is 21.5. The molecule has 2 fully saturated rings. The van der Waals surface area contributed by atoms with Gasteiger partial charge in [0.1, 0.15) is 23.3 Å². The molecule has 3 N–H and O–H groups in total. The van der Waals surface area contributed by atoms with Gasteiger partial charge < -0.3 is 30.1 Å². The number of methoxy groups -OCH3 is 1. The summed E-state index contributed by atoms with van der Waals surface area (Å²) in [5.41, 5.74) is 2.36. The number of hydrogen-bond donors (Lipinski definition) is 3. The fourth-order valence-electron chi connectivity index (χ4n) is 5.77. The Morgan fingerprint density at radius 3 is 2.53 bits per heavy atom. The summed E-state index contributed by atoms with van der Waals surface area (Å²) in [6.45, 7) is 2.47. The number of imide groups is 1. The number of nitrogens with one attached hydrogen (secondary N) is 2. The van der Waals surface area contributed by atoms with Crippen molar-refractivity contribution in [2.24, 2.45) is 5.92 Å². The van der Waals surface area contributed by atoms with Gasteiger partial charge in [-0.2, -0.15) is 0 Å². The van der Waals surface area contributed by atoms with Crippen molar-refractivity contribution in [3.63, 3.8) is 0 Å². The van der Waals surface area contributed by atoms with Gasteiger partial charge >= 0.3 is 6.03 Å². The van der Waals surface area contributed by atoms with Crippen molar-refractivity contribution in [1.82, 2.24) is 15.1 Å². The lowest BCUT2D eigenvalue weighted by molar-refractivity contribution is -0.140. The van der Waals surface area contributed by atoms with Gasteiger partial charge in [-0.25, -0.2) is 13.6 Å². The third-order valence-electron chi connectivity index (χ3n) is 8.45. The molecule has 0 spiro atoms. The fraction of sp³-hybridized carbons (Fsp3) is 0.364. The largest absolute Gasteiger partial charge is 0.496 e. The molecule has 238 valence electrons. The molecule has 5 rings (SSSR count). The molecule has 2 aliphatic heterocycles. The molecule has 0 saturated carbocycles. The van der Waals surface area contributed by atoms with Gasteiger partial charge in [-0.3, -0.25) is 14.5 Å². The van der Waals surface area contributed by atoms with Crippen molar-refractivity contribution >= 4 is 23.5 Å². The van der Waals surface area contributed by atoms with Gasteiger partial charge in [0, 0.05) is 62.2 Å². The van der Waals surface area contributed by atoms with Gasteiger partial charge in [-0.15, -0.1) is 0 Å². The molecule has 1 unspecified atom stereocenters. The quantitative estimate of drug-likeness (QED) is 0.326. The van der Waals surface area contributed by atoms with Crippen LogP contribution in [0.25, 0.3) is 22.3 Å². The van der Waals surface area contributed by atoms with E-state index in [2.05, 4.69) is 10.6 Å². The summed E-state index contributed by atoms with van der Waals surface area (Å²) in [6.07, 6.45) is -0.122. The Kier molecular flexibility index (Phi) is 9.47. The number of ether oxygens (including phenoxy) is 2. The lowest BCUT2D eigenvalue weighted by Gasteiger charge is -2.33. The Labute approximate surface area is 259 Å². The maximum atomic E-state index is 16.2. The normalized spacial score (nSPS) is 20.4. The number of rotatable bonds is 8. The van der Waals surface area contributed by atoms with Crippen LogP contribution >= 0.6 is 0 Å². The molecule has 0 radical (unpaired) electrons. The maximum absolute atomic E-state index is 16.2. The second kappa shape index (κ2) is 13.3. The second-order valence-electron chi connectivity index (χ2n) is 11.3. The molecule has 4 amide bonds. The number of urea groups is 1. The molecule has 3 atom stereocenters. The van der Waals surface area contributed by atoms with E-state index >= 15 is 8.78 Å². The van der Waals surface area contributed by atoms with Crippen LogP contribution in [-0.2, 0) is 20.9 Å². The summed E-state index contributed by atoms with van der Waals surface area (Å²) in [6, 6.07) is 11.9. The number of carbonyl (C=O) groups is 3. The minimum absolute atomic E-state index is 0.0599. The molecular formula is C33H36F2N4O6. The van der Waals surface area contributed by atoms with E-state index < -0.39 is 41.5 Å². The van der Waals surface area contributed by atoms with E-state index in [4.69, 9.17) is 9.47 Å². The lowest BCUT2D eigenvalue weighted by atomic mass is 9.93. The molecule has 3 aromatic carbocycles. The predicted octanol–water partition coefficient (Wildman–Crippen LogP) is 3.93. The molecule has 2 aliphatic rings. The number of amides is 4. The van der Waals surface area contributed by atoms with E-state index in [9.17, 15) is 19.5 Å². The van der Waals surface area contributed by atoms with Crippen LogP contribution in [0.2, 0.25) is 0 Å². The first-order valence-corrected chi connectivity index (χ1v) is 14.6. The van der Waals surface area contributed by atoms with E-state index in [-0.39, 0.29) is 53.7 Å². The number of aliphatic hydroxyl groups is 1. The van der Waals surface area contributed by atoms with Crippen LogP contribution in [0, 0.1) is 24.5 Å². The van der Waals surface area contributed by atoms with E-state index in [1.165, 1.54) is 32.2 Å². The Balaban J connectivity index is 1.41. The van der Waals surface area contributed by atoms with Crippen LogP contribution in [0.3, 0.4) is 0 Å². The van der Waals surface area contributed by atoms with Crippen molar-refractivity contribution < 1.29 is 37.7 Å². The van der Waals surface area contributed by atoms with Gasteiger partial charge in [0.15, 0.2) is 0 Å². The molecule has 12 heteroatoms. The third-order valence-corrected chi connectivity index (χ3v) is 8.45. The standard InChI is InChI=1S/C33H36F2N4O6/c1-18-20(7-6-10-26(18)37-31(41)24-16-38(2)33(43)39(3)32(24)42)22-9-5-8-21(30(22)35)19-13-25(34)23(29(14-19)44-4)15-36-27-11-12-45-17-28(27)40/h5-10,13-14,24,27-28,36,40H,11-12,15-17H2,1-4H3,(H,37,41)/t24?,27-,28+/m1/s1. The average molecular weight is 623 g/mol. The third kappa shape index (κ3) is 6.39. The zero-order chi connectivity index (χ0) is 32.4. The van der Waals surface area contributed by atoms with Gasteiger partial charge in [0.2, 0.25) is 11.8 Å². The number of aliphatic hydroxyl groups excluding tert-OH is 1. The zero-order valence-corrected chi connectivity index (χ0v) is 25.5. The Bertz CT molecular complexity index is 1630. The Morgan fingerprint density at radius 2 is 1.80 bits per heavy atom. The minimum atomic E-state index is -1.09. The number of anilines is 1. The highest BCUT2D eigenvalue weighted by Crippen LogP contribution is 2.37. The van der Waals surface area contributed by atoms with Crippen molar-refractivity contribution in [2.75, 3.05) is 46.3 Å². The molecule has 10 nitrogen and oxygen atoms in total. The van der Waals surface area contributed by atoms with Crippen molar-refractivity contribution in [2.45, 2.75) is 32.0 Å². The van der Waals surface area contributed by atoms with Gasteiger partial charge in [0.05, 0.1) is 19.8 Å². The summed E-state index contributed by atoms with van der Waals surface area (Å²) >= 11 is 0. The number of benzene rings is 3. The van der Waals surface area contributed by atoms with Gasteiger partial charge in [-0.1, -0.05) is 30.3 Å². The van der Waals surface area contributed by atoms with Crippen molar-refractivity contribution in [1.29, 1.82) is 0 Å². The summed E-state index contributed by atoms with van der Waals surface area (Å²) in [5.74, 6) is -3.21. The van der Waals surface area contributed by atoms with E-state index in [0.717, 1.165) is 4.90 Å². The van der Waals surface area contributed by atoms with Crippen LogP contribution < -0.4 is 15.4 Å². The SMILES string of the molecule is COc1cc(-c2cccc(-c3cccc(NC(=O)C4CN(C)C(=O)N(C)C4=O)c3C)c2F)cc(F)c1CN[C@@H]1CCOC[C@@H]1O. The Morgan fingerprint density at radius 1 is 1.09 bits per heavy atom. The van der Waals surface area contributed by atoms with Crippen LogP contribution in [0.15, 0.2) is 48.5 Å². The molecule has 2 saturated heterocycles. The summed E-state index contributed by atoms with van der Waals surface area (Å²) in [4.78, 5) is 40.0. The van der Waals surface area contributed by atoms with E-state index in [1.54, 1.807) is 49.4 Å². The topological polar surface area (TPSA) is 120 Å². The Hall–Kier alpha value is -4.39. The van der Waals surface area contributed by atoms with Crippen LogP contribution in [0.1, 0.15) is 17.5 Å². The fourth-order valence-corrected chi connectivity index (χ4v) is 5.77. The molecule has 2 heterocycles. The first-order valence-electron chi connectivity index (χ1n) is 14.6. The summed E-state index contributed by atoms with van der Waals surface area (Å²) < 4.78 is 42.4. The highest BCUT2D eigenvalue weighted by molar-refractivity contribution is 6.12. The van der Waals surface area contributed by atoms with Gasteiger partial charge in [-0.05, 0) is 48.2 Å². The number of carbonyl (C=O) groups excluding carboxylic acids is 3. The number of nitrogens with zero attached hydrogens (tertiary/aromatic N) is 2. The second-order valence-corrected chi connectivity index (χ2v) is 11.3. The minimum Gasteiger partial charge on any atom is -0.496 e. The highest BCUT2D eigenvalue weighted by atomic mass is 19.1. The molecule has 3 aromatic rings. The highest BCUT2D eigenvalue weighted by Gasteiger charge is 2.39. The molecule has 45 heavy (non-hydrogen) atoms. The van der Waals surface area contributed by atoms with Gasteiger partial charge in [0.25, 0.3) is 0 Å². The molecule has 0 aliphatic carbocycles. The van der Waals surface area contributed by atoms with Crippen LogP contribution in [-0.4, -0.2) is 85.9 Å². The van der Waals surface area contributed by atoms with E-state index in [1.807, 2.05) is 0 Å². The lowest BCUT2D eigenvalue weighted by Crippen LogP contribution is -2.56. The average Bonchev–Trinajstić information content (AvgIpc) is 3.02. The van der Waals surface area contributed by atoms with E-state index in [0.29, 0.717) is 29.8 Å². The molecular weight excluding hydrogens is 586 g/mol. The summed E-state index contributed by atoms with van der Waals surface area (Å²) in [7, 11) is 4.25. The molecule has 0 bridgehead atoms. The maximum Gasteiger partial charge on any atom is 0.326 e. The smallest absolute Gasteiger partial charge is 0.326 e. The van der Waals surface area contributed by atoms with Crippen LogP contribution in [0.4, 0.5) is 19.3 Å². The molecule has 0 aromatic heterocycles. The number of halogens is 2. The monoisotopic (exact) mass is 622 g/mol.